The molecule has 2 aromatic heterocycles. The van der Waals surface area contributed by atoms with E-state index in [1.807, 2.05) is 35.3 Å². The highest BCUT2D eigenvalue weighted by Crippen LogP contribution is 2.53. The van der Waals surface area contributed by atoms with Gasteiger partial charge in [-0.15, -0.1) is 0 Å². The normalized spacial score (nSPS) is 24.1. The standard InChI is InChI=1S/C41H36N4O6S2/c1-52(48,49)25-11-15-27-23(17-25)9-14-33(41(27)47)39-31-7-4-8-36(37(31)35-20-43-22-45(35)39)53(50,51)26-12-16-28-24(18-26)10-13-32(40(28)46)38-30-6-3-2-5-29(30)34-19-42-21-44(34)38/h2-8,11-12,15-22,32-33,38-41,46-47H,9-10,13-14H2,1H3/t32-,33+,38-,39+,40+,41+/m1/s1. The van der Waals surface area contributed by atoms with Crippen LogP contribution in [0.5, 0.6) is 0 Å². The van der Waals surface area contributed by atoms with E-state index in [1.165, 1.54) is 12.3 Å². The Morgan fingerprint density at radius 3 is 1.89 bits per heavy atom. The van der Waals surface area contributed by atoms with Crippen LogP contribution < -0.4 is 0 Å². The van der Waals surface area contributed by atoms with Gasteiger partial charge >= 0.3 is 0 Å². The lowest BCUT2D eigenvalue weighted by Crippen LogP contribution is -2.29. The summed E-state index contributed by atoms with van der Waals surface area (Å²) in [7, 11) is -7.42. The Kier molecular flexibility index (Phi) is 7.14. The number of rotatable bonds is 5. The third-order valence-corrected chi connectivity index (χ3v) is 15.0. The average Bonchev–Trinajstić information content (AvgIpc) is 3.94. The zero-order valence-corrected chi connectivity index (χ0v) is 30.4. The van der Waals surface area contributed by atoms with Crippen molar-refractivity contribution in [3.05, 3.63) is 137 Å². The fraction of sp³-hybridized carbons (Fsp3) is 0.268. The van der Waals surface area contributed by atoms with Gasteiger partial charge < -0.3 is 19.3 Å². The Labute approximate surface area is 307 Å². The van der Waals surface area contributed by atoms with Crippen LogP contribution in [0.15, 0.2) is 119 Å². The van der Waals surface area contributed by atoms with E-state index in [2.05, 4.69) is 26.7 Å². The first kappa shape index (κ1) is 32.7. The highest BCUT2D eigenvalue weighted by molar-refractivity contribution is 7.91. The molecule has 2 N–H and O–H groups in total. The third kappa shape index (κ3) is 4.75. The molecule has 0 saturated heterocycles. The molecule has 53 heavy (non-hydrogen) atoms. The van der Waals surface area contributed by atoms with Crippen molar-refractivity contribution in [3.8, 4) is 22.5 Å². The summed E-state index contributed by atoms with van der Waals surface area (Å²) in [6.45, 7) is 0. The van der Waals surface area contributed by atoms with E-state index < -0.39 is 31.9 Å². The van der Waals surface area contributed by atoms with Crippen molar-refractivity contribution in [2.45, 2.75) is 64.7 Å². The van der Waals surface area contributed by atoms with Crippen molar-refractivity contribution in [2.24, 2.45) is 11.8 Å². The molecule has 6 aromatic rings. The number of imidazole rings is 2. The van der Waals surface area contributed by atoms with Crippen LogP contribution in [0, 0.1) is 11.8 Å². The molecule has 4 heterocycles. The number of aliphatic hydroxyl groups excluding tert-OH is 2. The number of fused-ring (bicyclic) bond motifs is 8. The molecule has 0 bridgehead atoms. The highest BCUT2D eigenvalue weighted by atomic mass is 32.2. The van der Waals surface area contributed by atoms with E-state index in [0.717, 1.165) is 39.1 Å². The smallest absolute Gasteiger partial charge is 0.207 e. The second kappa shape index (κ2) is 11.6. The zero-order valence-electron chi connectivity index (χ0n) is 28.7. The molecule has 0 amide bonds. The van der Waals surface area contributed by atoms with E-state index in [1.54, 1.807) is 55.0 Å². The summed E-state index contributed by atoms with van der Waals surface area (Å²) in [5.41, 5.74) is 8.44. The molecule has 6 atom stereocenters. The molecular weight excluding hydrogens is 709 g/mol. The van der Waals surface area contributed by atoms with Gasteiger partial charge in [0.2, 0.25) is 9.84 Å². The van der Waals surface area contributed by atoms with Crippen LogP contribution in [-0.4, -0.2) is 52.4 Å². The first-order valence-corrected chi connectivity index (χ1v) is 21.2. The van der Waals surface area contributed by atoms with E-state index in [9.17, 15) is 27.0 Å². The quantitative estimate of drug-likeness (QED) is 0.217. The van der Waals surface area contributed by atoms with Gasteiger partial charge in [-0.1, -0.05) is 48.5 Å². The Morgan fingerprint density at radius 2 is 1.21 bits per heavy atom. The summed E-state index contributed by atoms with van der Waals surface area (Å²) >= 11 is 0. The maximum atomic E-state index is 14.6. The lowest BCUT2D eigenvalue weighted by molar-refractivity contribution is 0.0717. The number of hydrogen-bond donors (Lipinski definition) is 2. The lowest BCUT2D eigenvalue weighted by atomic mass is 9.76. The minimum absolute atomic E-state index is 0.0684. The zero-order chi connectivity index (χ0) is 36.4. The van der Waals surface area contributed by atoms with Gasteiger partial charge in [0.25, 0.3) is 0 Å². The van der Waals surface area contributed by atoms with E-state index >= 15 is 0 Å². The first-order valence-electron chi connectivity index (χ1n) is 17.9. The maximum absolute atomic E-state index is 14.6. The predicted octanol–water partition coefficient (Wildman–Crippen LogP) is 6.05. The first-order chi connectivity index (χ1) is 25.5. The minimum Gasteiger partial charge on any atom is -0.388 e. The number of aromatic nitrogens is 4. The molecule has 268 valence electrons. The van der Waals surface area contributed by atoms with Crippen molar-refractivity contribution in [1.82, 2.24) is 19.1 Å². The van der Waals surface area contributed by atoms with Gasteiger partial charge in [-0.05, 0) is 89.4 Å². The fourth-order valence-electron chi connectivity index (χ4n) is 9.69. The largest absolute Gasteiger partial charge is 0.388 e. The van der Waals surface area contributed by atoms with Gasteiger partial charge in [-0.2, -0.15) is 0 Å². The summed E-state index contributed by atoms with van der Waals surface area (Å²) in [5.74, 6) is -0.415. The van der Waals surface area contributed by atoms with Gasteiger partial charge in [0.1, 0.15) is 0 Å². The number of aliphatic hydroxyl groups is 2. The predicted molar refractivity (Wildman–Crippen MR) is 197 cm³/mol. The van der Waals surface area contributed by atoms with Gasteiger partial charge in [-0.25, -0.2) is 26.8 Å². The van der Waals surface area contributed by atoms with Gasteiger partial charge in [0, 0.05) is 29.2 Å². The van der Waals surface area contributed by atoms with Crippen LogP contribution in [0.25, 0.3) is 22.5 Å². The highest BCUT2D eigenvalue weighted by Gasteiger charge is 2.44. The van der Waals surface area contributed by atoms with Crippen molar-refractivity contribution >= 4 is 19.7 Å². The second-order valence-electron chi connectivity index (χ2n) is 14.9. The van der Waals surface area contributed by atoms with Crippen LogP contribution in [0.1, 0.15) is 70.5 Å². The number of nitrogens with zero attached hydrogens (tertiary/aromatic N) is 4. The monoisotopic (exact) mass is 744 g/mol. The van der Waals surface area contributed by atoms with Gasteiger partial charge in [-0.3, -0.25) is 0 Å². The SMILES string of the molecule is CS(=O)(=O)c1ccc2c(c1)CC[C@@H]([C@@H]1c3cccc(S(=O)(=O)c4ccc5c(c4)CC[C@H]([C@H]4c6ccccc6-c6cncn64)[C@H]5O)c3-c3cncn31)[C@H]2O. The molecule has 4 aliphatic rings. The summed E-state index contributed by atoms with van der Waals surface area (Å²) in [4.78, 5) is 9.37. The molecule has 0 spiro atoms. The van der Waals surface area contributed by atoms with Crippen molar-refractivity contribution in [3.63, 3.8) is 0 Å². The number of hydrogen-bond acceptors (Lipinski definition) is 8. The molecule has 10 rings (SSSR count). The second-order valence-corrected chi connectivity index (χ2v) is 18.8. The minimum atomic E-state index is -4.03. The molecule has 12 heteroatoms. The van der Waals surface area contributed by atoms with E-state index in [0.29, 0.717) is 42.5 Å². The van der Waals surface area contributed by atoms with Crippen LogP contribution in [0.4, 0.5) is 0 Å². The molecule has 2 aliphatic heterocycles. The van der Waals surface area contributed by atoms with E-state index in [-0.39, 0.29) is 38.6 Å². The molecular formula is C41H36N4O6S2. The molecule has 0 fully saturated rings. The van der Waals surface area contributed by atoms with Crippen LogP contribution >= 0.6 is 0 Å². The maximum Gasteiger partial charge on any atom is 0.207 e. The lowest BCUT2D eigenvalue weighted by Gasteiger charge is -2.35. The summed E-state index contributed by atoms with van der Waals surface area (Å²) in [6, 6.07) is 23.1. The molecule has 4 aromatic carbocycles. The molecule has 2 aliphatic carbocycles. The van der Waals surface area contributed by atoms with Gasteiger partial charge in [0.15, 0.2) is 9.84 Å². The molecule has 0 saturated carbocycles. The summed E-state index contributed by atoms with van der Waals surface area (Å²) in [6.07, 6.45) is 9.00. The van der Waals surface area contributed by atoms with Gasteiger partial charge in [0.05, 0.1) is 75.4 Å². The van der Waals surface area contributed by atoms with Crippen LogP contribution in [-0.2, 0) is 32.5 Å². The molecule has 10 nitrogen and oxygen atoms in total. The Morgan fingerprint density at radius 1 is 0.642 bits per heavy atom. The summed E-state index contributed by atoms with van der Waals surface area (Å²) < 4.78 is 57.8. The average molecular weight is 745 g/mol. The van der Waals surface area contributed by atoms with Crippen molar-refractivity contribution in [1.29, 1.82) is 0 Å². The van der Waals surface area contributed by atoms with Crippen molar-refractivity contribution < 1.29 is 27.0 Å². The Hall–Kier alpha value is -4.88. The number of benzene rings is 4. The number of sulfone groups is 2. The summed E-state index contributed by atoms with van der Waals surface area (Å²) in [5, 5.41) is 23.6. The third-order valence-electron chi connectivity index (χ3n) is 12.1. The van der Waals surface area contributed by atoms with Crippen molar-refractivity contribution in [2.75, 3.05) is 6.26 Å². The topological polar surface area (TPSA) is 144 Å². The number of aryl methyl sites for hydroxylation is 2. The fourth-order valence-corrected chi connectivity index (χ4v) is 11.9. The van der Waals surface area contributed by atoms with Crippen LogP contribution in [0.3, 0.4) is 0 Å². The Bertz CT molecular complexity index is 2720. The Balaban J connectivity index is 0.988. The molecule has 0 radical (unpaired) electrons. The van der Waals surface area contributed by atoms with E-state index in [4.69, 9.17) is 0 Å². The van der Waals surface area contributed by atoms with Crippen LogP contribution in [0.2, 0.25) is 0 Å². The molecule has 0 unspecified atom stereocenters.